The van der Waals surface area contributed by atoms with Crippen LogP contribution in [0.3, 0.4) is 0 Å². The molecule has 4 nitrogen and oxygen atoms in total. The third-order valence-electron chi connectivity index (χ3n) is 5.74. The highest BCUT2D eigenvalue weighted by molar-refractivity contribution is 5.76. The first-order valence-corrected chi connectivity index (χ1v) is 9.50. The van der Waals surface area contributed by atoms with Crippen LogP contribution >= 0.6 is 0 Å². The second kappa shape index (κ2) is 7.24. The van der Waals surface area contributed by atoms with E-state index in [-0.39, 0.29) is 0 Å². The number of hydrogen-bond donors (Lipinski definition) is 1. The lowest BCUT2D eigenvalue weighted by Crippen LogP contribution is -2.45. The van der Waals surface area contributed by atoms with Gasteiger partial charge in [0.2, 0.25) is 0 Å². The zero-order valence-corrected chi connectivity index (χ0v) is 15.3. The lowest BCUT2D eigenvalue weighted by Gasteiger charge is -2.38. The molecule has 0 spiro atoms. The maximum Gasteiger partial charge on any atom is 0.109 e. The molecule has 0 aliphatic carbocycles. The average molecular weight is 329 g/mol. The minimum atomic E-state index is -0.525. The van der Waals surface area contributed by atoms with Gasteiger partial charge in [0.15, 0.2) is 0 Å². The van der Waals surface area contributed by atoms with Gasteiger partial charge in [0.25, 0.3) is 0 Å². The summed E-state index contributed by atoms with van der Waals surface area (Å²) in [5.41, 5.74) is 1.86. The third kappa shape index (κ3) is 3.35. The molecule has 132 valence electrons. The maximum atomic E-state index is 10.6. The molecule has 24 heavy (non-hydrogen) atoms. The van der Waals surface area contributed by atoms with E-state index in [2.05, 4.69) is 54.5 Å². The molecule has 4 heteroatoms. The summed E-state index contributed by atoms with van der Waals surface area (Å²) in [5, 5.41) is 10.6. The van der Waals surface area contributed by atoms with Gasteiger partial charge < -0.3 is 14.6 Å². The second-order valence-corrected chi connectivity index (χ2v) is 7.18. The number of piperidine rings is 1. The Bertz CT molecular complexity index is 667. The van der Waals surface area contributed by atoms with Gasteiger partial charge in [-0.1, -0.05) is 32.9 Å². The van der Waals surface area contributed by atoms with Gasteiger partial charge in [-0.3, -0.25) is 0 Å². The smallest absolute Gasteiger partial charge is 0.109 e. The third-order valence-corrected chi connectivity index (χ3v) is 5.74. The van der Waals surface area contributed by atoms with Crippen molar-refractivity contribution >= 4 is 11.0 Å². The first-order valence-electron chi connectivity index (χ1n) is 9.50. The largest absolute Gasteiger partial charge is 0.389 e. The molecular formula is C20H31N3O. The van der Waals surface area contributed by atoms with Crippen molar-refractivity contribution in [2.45, 2.75) is 64.5 Å². The number of β-amino-alcohol motifs (C(OH)–C–C–N with tert-alkyl or cyclic N) is 1. The lowest BCUT2D eigenvalue weighted by atomic mass is 9.95. The Morgan fingerprint density at radius 1 is 1.12 bits per heavy atom. The highest BCUT2D eigenvalue weighted by Crippen LogP contribution is 2.30. The van der Waals surface area contributed by atoms with Crippen LogP contribution in [0.4, 0.5) is 0 Å². The number of imidazole rings is 1. The van der Waals surface area contributed by atoms with Crippen LogP contribution in [0.15, 0.2) is 24.3 Å². The van der Waals surface area contributed by atoms with Crippen LogP contribution in [0.2, 0.25) is 0 Å². The SMILES string of the molecule is CCc1nc2ccccc2n1C1CCN(CC(O)(CC)CC)CC1. The van der Waals surface area contributed by atoms with E-state index in [9.17, 15) is 5.11 Å². The number of hydrogen-bond acceptors (Lipinski definition) is 3. The van der Waals surface area contributed by atoms with Crippen molar-refractivity contribution in [2.75, 3.05) is 19.6 Å². The van der Waals surface area contributed by atoms with Crippen molar-refractivity contribution in [3.63, 3.8) is 0 Å². The van der Waals surface area contributed by atoms with Crippen LogP contribution in [0.5, 0.6) is 0 Å². The van der Waals surface area contributed by atoms with E-state index in [0.29, 0.717) is 6.04 Å². The van der Waals surface area contributed by atoms with Crippen LogP contribution in [-0.4, -0.2) is 44.8 Å². The van der Waals surface area contributed by atoms with Gasteiger partial charge in [-0.2, -0.15) is 0 Å². The predicted molar refractivity (Wildman–Crippen MR) is 99.4 cm³/mol. The number of fused-ring (bicyclic) bond motifs is 1. The first-order chi connectivity index (χ1) is 11.6. The van der Waals surface area contributed by atoms with Crippen molar-refractivity contribution in [1.82, 2.24) is 14.5 Å². The highest BCUT2D eigenvalue weighted by Gasteiger charge is 2.29. The Morgan fingerprint density at radius 2 is 1.79 bits per heavy atom. The maximum absolute atomic E-state index is 10.6. The van der Waals surface area contributed by atoms with E-state index in [1.54, 1.807) is 0 Å². The van der Waals surface area contributed by atoms with Crippen LogP contribution in [-0.2, 0) is 6.42 Å². The Labute approximate surface area is 145 Å². The summed E-state index contributed by atoms with van der Waals surface area (Å²) in [6, 6.07) is 9.01. The number of aryl methyl sites for hydroxylation is 1. The van der Waals surface area contributed by atoms with Crippen molar-refractivity contribution in [3.8, 4) is 0 Å². The molecule has 1 N–H and O–H groups in total. The quantitative estimate of drug-likeness (QED) is 0.877. The number of likely N-dealkylation sites (tertiary alicyclic amines) is 1. The van der Waals surface area contributed by atoms with Gasteiger partial charge in [0.05, 0.1) is 16.6 Å². The molecule has 3 rings (SSSR count). The summed E-state index contributed by atoms with van der Waals surface area (Å²) >= 11 is 0. The van der Waals surface area contributed by atoms with Gasteiger partial charge in [0, 0.05) is 32.1 Å². The molecule has 1 saturated heterocycles. The molecule has 0 bridgehead atoms. The molecule has 1 aliphatic heterocycles. The van der Waals surface area contributed by atoms with Gasteiger partial charge in [-0.15, -0.1) is 0 Å². The predicted octanol–water partition coefficient (Wildman–Crippen LogP) is 3.79. The molecule has 1 aliphatic rings. The molecule has 0 saturated carbocycles. The zero-order valence-electron chi connectivity index (χ0n) is 15.3. The van der Waals surface area contributed by atoms with Crippen molar-refractivity contribution < 1.29 is 5.11 Å². The van der Waals surface area contributed by atoms with Gasteiger partial charge >= 0.3 is 0 Å². The monoisotopic (exact) mass is 329 g/mol. The zero-order chi connectivity index (χ0) is 17.2. The Hall–Kier alpha value is -1.39. The highest BCUT2D eigenvalue weighted by atomic mass is 16.3. The van der Waals surface area contributed by atoms with Gasteiger partial charge in [-0.05, 0) is 37.8 Å². The fourth-order valence-electron chi connectivity index (χ4n) is 3.98. The van der Waals surface area contributed by atoms with Crippen molar-refractivity contribution in [3.05, 3.63) is 30.1 Å². The number of benzene rings is 1. The molecule has 0 radical (unpaired) electrons. The number of rotatable bonds is 6. The van der Waals surface area contributed by atoms with E-state index in [1.807, 2.05) is 0 Å². The summed E-state index contributed by atoms with van der Waals surface area (Å²) < 4.78 is 2.47. The number of para-hydroxylation sites is 2. The fraction of sp³-hybridized carbons (Fsp3) is 0.650. The molecule has 0 atom stereocenters. The molecular weight excluding hydrogens is 298 g/mol. The molecule has 1 fully saturated rings. The molecule has 0 unspecified atom stereocenters. The van der Waals surface area contributed by atoms with Crippen molar-refractivity contribution in [1.29, 1.82) is 0 Å². The van der Waals surface area contributed by atoms with Crippen LogP contribution in [0.1, 0.15) is 58.3 Å². The van der Waals surface area contributed by atoms with E-state index >= 15 is 0 Å². The molecule has 2 heterocycles. The Kier molecular flexibility index (Phi) is 5.26. The molecule has 0 amide bonds. The summed E-state index contributed by atoms with van der Waals surface area (Å²) in [5.74, 6) is 1.20. The lowest BCUT2D eigenvalue weighted by molar-refractivity contribution is -0.0109. The van der Waals surface area contributed by atoms with E-state index in [1.165, 1.54) is 11.3 Å². The van der Waals surface area contributed by atoms with Crippen LogP contribution < -0.4 is 0 Å². The Morgan fingerprint density at radius 3 is 2.42 bits per heavy atom. The summed E-state index contributed by atoms with van der Waals surface area (Å²) in [6.07, 6.45) is 4.90. The second-order valence-electron chi connectivity index (χ2n) is 7.18. The minimum absolute atomic E-state index is 0.525. The summed E-state index contributed by atoms with van der Waals surface area (Å²) in [7, 11) is 0. The number of aromatic nitrogens is 2. The molecule has 1 aromatic carbocycles. The normalized spacial score (nSPS) is 17.7. The van der Waals surface area contributed by atoms with Gasteiger partial charge in [-0.25, -0.2) is 4.98 Å². The van der Waals surface area contributed by atoms with E-state index < -0.39 is 5.60 Å². The summed E-state index contributed by atoms with van der Waals surface area (Å²) in [4.78, 5) is 7.26. The van der Waals surface area contributed by atoms with E-state index in [4.69, 9.17) is 4.98 Å². The summed E-state index contributed by atoms with van der Waals surface area (Å²) in [6.45, 7) is 9.28. The number of nitrogens with zero attached hydrogens (tertiary/aromatic N) is 3. The average Bonchev–Trinajstić information content (AvgIpc) is 3.01. The topological polar surface area (TPSA) is 41.3 Å². The Balaban J connectivity index is 1.73. The first kappa shape index (κ1) is 17.4. The minimum Gasteiger partial charge on any atom is -0.389 e. The molecule has 2 aromatic rings. The number of aliphatic hydroxyl groups is 1. The van der Waals surface area contributed by atoms with E-state index in [0.717, 1.165) is 57.3 Å². The van der Waals surface area contributed by atoms with Crippen LogP contribution in [0.25, 0.3) is 11.0 Å². The molecule has 1 aromatic heterocycles. The van der Waals surface area contributed by atoms with Crippen LogP contribution in [0, 0.1) is 0 Å². The van der Waals surface area contributed by atoms with Gasteiger partial charge in [0.1, 0.15) is 5.82 Å². The van der Waals surface area contributed by atoms with Crippen molar-refractivity contribution in [2.24, 2.45) is 0 Å². The fourth-order valence-corrected chi connectivity index (χ4v) is 3.98. The standard InChI is InChI=1S/C20H31N3O/c1-4-19-21-17-9-7-8-10-18(17)23(19)16-11-13-22(14-12-16)15-20(24,5-2)6-3/h7-10,16,24H,4-6,11-15H2,1-3H3.